The fraction of sp³-hybridized carbons (Fsp3) is 0.364. The maximum atomic E-state index is 11.1. The molecule has 0 unspecified atom stereocenters. The molecule has 2 N–H and O–H groups in total. The van der Waals surface area contributed by atoms with Gasteiger partial charge in [0, 0.05) is 17.9 Å². The molecule has 4 heteroatoms. The second-order valence-corrected chi connectivity index (χ2v) is 3.19. The van der Waals surface area contributed by atoms with Crippen molar-refractivity contribution >= 4 is 17.3 Å². The first-order chi connectivity index (χ1) is 7.17. The molecule has 0 heterocycles. The highest BCUT2D eigenvalue weighted by Gasteiger charge is 2.09. The number of nitrogens with zero attached hydrogens (tertiary/aromatic N) is 1. The van der Waals surface area contributed by atoms with E-state index in [-0.39, 0.29) is 12.5 Å². The summed E-state index contributed by atoms with van der Waals surface area (Å²) in [6, 6.07) is 7.44. The predicted molar refractivity (Wildman–Crippen MR) is 60.8 cm³/mol. The summed E-state index contributed by atoms with van der Waals surface area (Å²) in [7, 11) is 1.38. The molecular weight excluding hydrogens is 192 g/mol. The fourth-order valence-electron chi connectivity index (χ4n) is 1.33. The quantitative estimate of drug-likeness (QED) is 0.598. The lowest BCUT2D eigenvalue weighted by molar-refractivity contribution is -0.138. The number of hydrogen-bond acceptors (Lipinski definition) is 4. The van der Waals surface area contributed by atoms with Crippen molar-refractivity contribution in [2.75, 3.05) is 30.8 Å². The number of esters is 1. The third-order valence-corrected chi connectivity index (χ3v) is 2.16. The Hall–Kier alpha value is -1.71. The molecular formula is C11H16N2O2. The first-order valence-electron chi connectivity index (χ1n) is 4.84. The van der Waals surface area contributed by atoms with Gasteiger partial charge in [-0.25, -0.2) is 0 Å². The third kappa shape index (κ3) is 3.16. The van der Waals surface area contributed by atoms with E-state index >= 15 is 0 Å². The zero-order valence-corrected chi connectivity index (χ0v) is 9.06. The maximum Gasteiger partial charge on any atom is 0.325 e. The van der Waals surface area contributed by atoms with Crippen LogP contribution in [0.25, 0.3) is 0 Å². The Balaban J connectivity index is 2.78. The van der Waals surface area contributed by atoms with Crippen LogP contribution >= 0.6 is 0 Å². The molecule has 0 aliphatic rings. The van der Waals surface area contributed by atoms with Crippen LogP contribution in [0.15, 0.2) is 24.3 Å². The summed E-state index contributed by atoms with van der Waals surface area (Å²) in [6.45, 7) is 2.96. The van der Waals surface area contributed by atoms with Crippen LogP contribution in [-0.2, 0) is 9.53 Å². The average Bonchev–Trinajstić information content (AvgIpc) is 2.25. The van der Waals surface area contributed by atoms with Crippen LogP contribution in [-0.4, -0.2) is 26.2 Å². The molecule has 1 rings (SSSR count). The average molecular weight is 208 g/mol. The third-order valence-electron chi connectivity index (χ3n) is 2.16. The molecule has 1 aromatic rings. The number of rotatable bonds is 4. The van der Waals surface area contributed by atoms with Gasteiger partial charge < -0.3 is 15.4 Å². The zero-order chi connectivity index (χ0) is 11.3. The molecule has 1 aromatic carbocycles. The van der Waals surface area contributed by atoms with Crippen LogP contribution in [0.3, 0.4) is 0 Å². The number of ether oxygens (including phenoxy) is 1. The van der Waals surface area contributed by atoms with E-state index in [0.717, 1.165) is 12.2 Å². The minimum Gasteiger partial charge on any atom is -0.468 e. The molecule has 0 saturated carbocycles. The van der Waals surface area contributed by atoms with E-state index < -0.39 is 0 Å². The first-order valence-corrected chi connectivity index (χ1v) is 4.84. The van der Waals surface area contributed by atoms with E-state index in [9.17, 15) is 4.79 Å². The number of likely N-dealkylation sites (N-methyl/N-ethyl adjacent to an activating group) is 1. The molecule has 82 valence electrons. The Kier molecular flexibility index (Phi) is 3.97. The molecule has 0 aromatic heterocycles. The smallest absolute Gasteiger partial charge is 0.325 e. The van der Waals surface area contributed by atoms with Crippen molar-refractivity contribution in [3.63, 3.8) is 0 Å². The minimum absolute atomic E-state index is 0.246. The number of carbonyl (C=O) groups is 1. The molecule has 0 atom stereocenters. The van der Waals surface area contributed by atoms with E-state index in [1.165, 1.54) is 7.11 Å². The number of benzene rings is 1. The van der Waals surface area contributed by atoms with Crippen molar-refractivity contribution in [2.45, 2.75) is 6.92 Å². The standard InChI is InChI=1S/C11H16N2O2/c1-3-13(8-11(14)15-2)10-6-4-5-9(12)7-10/h4-7H,3,8,12H2,1-2H3. The van der Waals surface area contributed by atoms with Gasteiger partial charge in [-0.3, -0.25) is 4.79 Å². The molecule has 0 amide bonds. The molecule has 0 aliphatic carbocycles. The summed E-state index contributed by atoms with van der Waals surface area (Å²) in [5.74, 6) is -0.251. The van der Waals surface area contributed by atoms with Gasteiger partial charge in [0.15, 0.2) is 0 Å². The van der Waals surface area contributed by atoms with E-state index in [0.29, 0.717) is 5.69 Å². The van der Waals surface area contributed by atoms with Gasteiger partial charge in [-0.05, 0) is 25.1 Å². The topological polar surface area (TPSA) is 55.6 Å². The van der Waals surface area contributed by atoms with Crippen molar-refractivity contribution in [2.24, 2.45) is 0 Å². The van der Waals surface area contributed by atoms with Crippen molar-refractivity contribution in [1.29, 1.82) is 0 Å². The Morgan fingerprint density at radius 1 is 1.53 bits per heavy atom. The summed E-state index contributed by atoms with van der Waals surface area (Å²) < 4.78 is 4.62. The highest BCUT2D eigenvalue weighted by molar-refractivity contribution is 5.76. The summed E-state index contributed by atoms with van der Waals surface area (Å²) in [5, 5.41) is 0. The lowest BCUT2D eigenvalue weighted by Gasteiger charge is -2.21. The van der Waals surface area contributed by atoms with Gasteiger partial charge in [0.1, 0.15) is 6.54 Å². The normalized spacial score (nSPS) is 9.73. The first kappa shape index (κ1) is 11.4. The van der Waals surface area contributed by atoms with Gasteiger partial charge in [-0.15, -0.1) is 0 Å². The molecule has 0 spiro atoms. The van der Waals surface area contributed by atoms with Crippen molar-refractivity contribution in [3.05, 3.63) is 24.3 Å². The Morgan fingerprint density at radius 3 is 2.80 bits per heavy atom. The summed E-state index contributed by atoms with van der Waals surface area (Å²) in [4.78, 5) is 13.0. The summed E-state index contributed by atoms with van der Waals surface area (Å²) in [6.07, 6.45) is 0. The highest BCUT2D eigenvalue weighted by atomic mass is 16.5. The molecule has 4 nitrogen and oxygen atoms in total. The van der Waals surface area contributed by atoms with Crippen LogP contribution < -0.4 is 10.6 Å². The monoisotopic (exact) mass is 208 g/mol. The van der Waals surface area contributed by atoms with Crippen molar-refractivity contribution < 1.29 is 9.53 Å². The lowest BCUT2D eigenvalue weighted by Crippen LogP contribution is -2.30. The Labute approximate surface area is 89.6 Å². The largest absolute Gasteiger partial charge is 0.468 e. The SMILES string of the molecule is CCN(CC(=O)OC)c1cccc(N)c1. The lowest BCUT2D eigenvalue weighted by atomic mass is 10.2. The van der Waals surface area contributed by atoms with E-state index in [2.05, 4.69) is 4.74 Å². The highest BCUT2D eigenvalue weighted by Crippen LogP contribution is 2.16. The summed E-state index contributed by atoms with van der Waals surface area (Å²) >= 11 is 0. The number of carbonyl (C=O) groups excluding carboxylic acids is 1. The van der Waals surface area contributed by atoms with Crippen molar-refractivity contribution in [3.8, 4) is 0 Å². The van der Waals surface area contributed by atoms with E-state index in [1.54, 1.807) is 0 Å². The van der Waals surface area contributed by atoms with Gasteiger partial charge in [-0.1, -0.05) is 6.07 Å². The minimum atomic E-state index is -0.251. The van der Waals surface area contributed by atoms with Crippen LogP contribution in [0.1, 0.15) is 6.92 Å². The molecule has 0 aliphatic heterocycles. The fourth-order valence-corrected chi connectivity index (χ4v) is 1.33. The molecule has 0 radical (unpaired) electrons. The second-order valence-electron chi connectivity index (χ2n) is 3.19. The zero-order valence-electron chi connectivity index (χ0n) is 9.06. The second kappa shape index (κ2) is 5.24. The van der Waals surface area contributed by atoms with Crippen LogP contribution in [0.2, 0.25) is 0 Å². The number of nitrogen functional groups attached to an aromatic ring is 1. The van der Waals surface area contributed by atoms with Crippen LogP contribution in [0, 0.1) is 0 Å². The molecule has 0 bridgehead atoms. The van der Waals surface area contributed by atoms with E-state index in [4.69, 9.17) is 5.73 Å². The van der Waals surface area contributed by atoms with Gasteiger partial charge in [0.05, 0.1) is 7.11 Å². The summed E-state index contributed by atoms with van der Waals surface area (Å²) in [5.41, 5.74) is 7.30. The molecule has 15 heavy (non-hydrogen) atoms. The van der Waals surface area contributed by atoms with Gasteiger partial charge in [0.2, 0.25) is 0 Å². The maximum absolute atomic E-state index is 11.1. The predicted octanol–water partition coefficient (Wildman–Crippen LogP) is 1.27. The van der Waals surface area contributed by atoms with Gasteiger partial charge in [-0.2, -0.15) is 0 Å². The number of anilines is 2. The Bertz CT molecular complexity index is 339. The van der Waals surface area contributed by atoms with Crippen LogP contribution in [0.4, 0.5) is 11.4 Å². The Morgan fingerprint density at radius 2 is 2.27 bits per heavy atom. The van der Waals surface area contributed by atoms with Gasteiger partial charge >= 0.3 is 5.97 Å². The molecule has 0 saturated heterocycles. The van der Waals surface area contributed by atoms with E-state index in [1.807, 2.05) is 36.1 Å². The molecule has 0 fully saturated rings. The van der Waals surface area contributed by atoms with Gasteiger partial charge in [0.25, 0.3) is 0 Å². The van der Waals surface area contributed by atoms with Crippen LogP contribution in [0.5, 0.6) is 0 Å². The number of nitrogens with two attached hydrogens (primary N) is 1. The van der Waals surface area contributed by atoms with Crippen molar-refractivity contribution in [1.82, 2.24) is 0 Å². The number of methoxy groups -OCH3 is 1. The number of hydrogen-bond donors (Lipinski definition) is 1.